The number of ether oxygens (including phenoxy) is 2. The second-order valence-electron chi connectivity index (χ2n) is 6.97. The Morgan fingerprint density at radius 1 is 1.10 bits per heavy atom. The molecular weight excluding hydrogens is 264 g/mol. The Bertz CT molecular complexity index is 523. The normalized spacial score (nSPS) is 35.5. The van der Waals surface area contributed by atoms with E-state index in [1.54, 1.807) is 0 Å². The minimum absolute atomic E-state index is 0.167. The van der Waals surface area contributed by atoms with Crippen LogP contribution < -0.4 is 0 Å². The molecule has 0 radical (unpaired) electrons. The first-order valence-corrected chi connectivity index (χ1v) is 7.90. The van der Waals surface area contributed by atoms with Gasteiger partial charge in [-0.15, -0.1) is 0 Å². The second-order valence-corrected chi connectivity index (χ2v) is 6.97. The summed E-state index contributed by atoms with van der Waals surface area (Å²) in [4.78, 5) is 12.8. The predicted molar refractivity (Wildman–Crippen MR) is 80.7 cm³/mol. The number of hydrogen-bond donors (Lipinski definition) is 0. The maximum absolute atomic E-state index is 12.8. The summed E-state index contributed by atoms with van der Waals surface area (Å²) in [6.07, 6.45) is 3.05. The van der Waals surface area contributed by atoms with E-state index in [-0.39, 0.29) is 17.5 Å². The molecule has 2 fully saturated rings. The van der Waals surface area contributed by atoms with Crippen molar-refractivity contribution in [3.05, 3.63) is 35.9 Å². The van der Waals surface area contributed by atoms with Gasteiger partial charge in [0, 0.05) is 5.92 Å². The van der Waals surface area contributed by atoms with Gasteiger partial charge in [-0.2, -0.15) is 0 Å². The highest BCUT2D eigenvalue weighted by molar-refractivity contribution is 5.83. The van der Waals surface area contributed by atoms with Crippen molar-refractivity contribution in [3.63, 3.8) is 0 Å². The van der Waals surface area contributed by atoms with E-state index in [2.05, 4.69) is 20.8 Å². The zero-order valence-electron chi connectivity index (χ0n) is 13.1. The Kier molecular flexibility index (Phi) is 3.56. The largest absolute Gasteiger partial charge is 0.463 e. The monoisotopic (exact) mass is 288 g/mol. The highest BCUT2D eigenvalue weighted by Gasteiger charge is 2.66. The van der Waals surface area contributed by atoms with E-state index in [0.29, 0.717) is 12.5 Å². The van der Waals surface area contributed by atoms with Crippen LogP contribution in [0.1, 0.15) is 45.6 Å². The number of cyclic esters (lactones) is 1. The zero-order chi connectivity index (χ0) is 15.1. The first-order chi connectivity index (χ1) is 9.97. The summed E-state index contributed by atoms with van der Waals surface area (Å²) in [5.41, 5.74) is -0.262. The van der Waals surface area contributed by atoms with Crippen molar-refractivity contribution in [3.8, 4) is 0 Å². The lowest BCUT2D eigenvalue weighted by Gasteiger charge is -2.58. The van der Waals surface area contributed by atoms with Gasteiger partial charge < -0.3 is 9.47 Å². The molecule has 2 saturated heterocycles. The summed E-state index contributed by atoms with van der Waals surface area (Å²) < 4.78 is 11.7. The van der Waals surface area contributed by atoms with Crippen LogP contribution >= 0.6 is 0 Å². The molecular formula is C18H24O3. The molecule has 1 aromatic carbocycles. The SMILES string of the molecule is C[C@H]1CCOC(=O)[C@@]2(c3ccccc3)OC(C)(C)[C@H]2CC1. The highest BCUT2D eigenvalue weighted by Crippen LogP contribution is 2.56. The fraction of sp³-hybridized carbons (Fsp3) is 0.611. The van der Waals surface area contributed by atoms with Crippen LogP contribution in [0.2, 0.25) is 0 Å². The molecule has 0 bridgehead atoms. The lowest BCUT2D eigenvalue weighted by Crippen LogP contribution is -2.67. The Hall–Kier alpha value is -1.35. The fourth-order valence-electron chi connectivity index (χ4n) is 3.84. The van der Waals surface area contributed by atoms with Crippen molar-refractivity contribution in [2.24, 2.45) is 11.8 Å². The van der Waals surface area contributed by atoms with Gasteiger partial charge in [0.15, 0.2) is 5.60 Å². The van der Waals surface area contributed by atoms with Gasteiger partial charge in [-0.3, -0.25) is 0 Å². The minimum atomic E-state index is -0.908. The number of carbonyl (C=O) groups excluding carboxylic acids is 1. The zero-order valence-corrected chi connectivity index (χ0v) is 13.1. The van der Waals surface area contributed by atoms with Crippen molar-refractivity contribution in [2.45, 2.75) is 51.2 Å². The van der Waals surface area contributed by atoms with Crippen LogP contribution in [-0.4, -0.2) is 18.2 Å². The van der Waals surface area contributed by atoms with Crippen LogP contribution in [0.3, 0.4) is 0 Å². The third kappa shape index (κ3) is 2.28. The van der Waals surface area contributed by atoms with E-state index in [1.165, 1.54) is 0 Å². The molecule has 0 amide bonds. The molecule has 2 heterocycles. The van der Waals surface area contributed by atoms with Crippen LogP contribution in [0.4, 0.5) is 0 Å². The molecule has 3 nitrogen and oxygen atoms in total. The van der Waals surface area contributed by atoms with Crippen molar-refractivity contribution in [2.75, 3.05) is 6.61 Å². The summed E-state index contributed by atoms with van der Waals surface area (Å²) in [6, 6.07) is 9.83. The van der Waals surface area contributed by atoms with E-state index in [4.69, 9.17) is 9.47 Å². The lowest BCUT2D eigenvalue weighted by atomic mass is 9.64. The maximum atomic E-state index is 12.8. The van der Waals surface area contributed by atoms with Crippen molar-refractivity contribution >= 4 is 5.97 Å². The maximum Gasteiger partial charge on any atom is 0.343 e. The number of esters is 1. The average molecular weight is 288 g/mol. The molecule has 3 rings (SSSR count). The molecule has 0 saturated carbocycles. The van der Waals surface area contributed by atoms with Gasteiger partial charge in [-0.25, -0.2) is 4.79 Å². The summed E-state index contributed by atoms with van der Waals surface area (Å²) >= 11 is 0. The topological polar surface area (TPSA) is 35.5 Å². The van der Waals surface area contributed by atoms with E-state index in [9.17, 15) is 4.79 Å². The number of carbonyl (C=O) groups is 1. The van der Waals surface area contributed by atoms with Crippen LogP contribution in [0.25, 0.3) is 0 Å². The second kappa shape index (κ2) is 5.13. The van der Waals surface area contributed by atoms with Crippen LogP contribution in [-0.2, 0) is 19.9 Å². The van der Waals surface area contributed by atoms with Gasteiger partial charge in [0.1, 0.15) is 0 Å². The Morgan fingerprint density at radius 2 is 1.81 bits per heavy atom. The molecule has 2 aliphatic rings. The lowest BCUT2D eigenvalue weighted by molar-refractivity contribution is -0.313. The minimum Gasteiger partial charge on any atom is -0.463 e. The third-order valence-corrected chi connectivity index (χ3v) is 5.05. The van der Waals surface area contributed by atoms with Gasteiger partial charge in [0.2, 0.25) is 0 Å². The van der Waals surface area contributed by atoms with Gasteiger partial charge in [0.25, 0.3) is 0 Å². The van der Waals surface area contributed by atoms with Gasteiger partial charge >= 0.3 is 5.97 Å². The molecule has 2 aliphatic heterocycles. The third-order valence-electron chi connectivity index (χ3n) is 5.05. The number of rotatable bonds is 1. The summed E-state index contributed by atoms with van der Waals surface area (Å²) in [5, 5.41) is 0. The summed E-state index contributed by atoms with van der Waals surface area (Å²) in [7, 11) is 0. The van der Waals surface area contributed by atoms with Gasteiger partial charge in [0.05, 0.1) is 12.2 Å². The molecule has 3 atom stereocenters. The van der Waals surface area contributed by atoms with Crippen LogP contribution in [0.5, 0.6) is 0 Å². The smallest absolute Gasteiger partial charge is 0.343 e. The van der Waals surface area contributed by atoms with Crippen LogP contribution in [0, 0.1) is 11.8 Å². The Morgan fingerprint density at radius 3 is 2.48 bits per heavy atom. The van der Waals surface area contributed by atoms with Crippen molar-refractivity contribution < 1.29 is 14.3 Å². The quantitative estimate of drug-likeness (QED) is 0.740. The fourth-order valence-corrected chi connectivity index (χ4v) is 3.84. The van der Waals surface area contributed by atoms with E-state index in [1.807, 2.05) is 30.3 Å². The van der Waals surface area contributed by atoms with E-state index < -0.39 is 5.60 Å². The molecule has 0 aromatic heterocycles. The predicted octanol–water partition coefficient (Wildman–Crippen LogP) is 3.67. The average Bonchev–Trinajstić information content (AvgIpc) is 2.49. The molecule has 1 aromatic rings. The number of hydrogen-bond acceptors (Lipinski definition) is 3. The first-order valence-electron chi connectivity index (χ1n) is 7.90. The molecule has 0 spiro atoms. The molecule has 21 heavy (non-hydrogen) atoms. The molecule has 0 aliphatic carbocycles. The van der Waals surface area contributed by atoms with Gasteiger partial charge in [-0.1, -0.05) is 43.7 Å². The highest BCUT2D eigenvalue weighted by atomic mass is 16.6. The molecule has 0 unspecified atom stereocenters. The van der Waals surface area contributed by atoms with Gasteiger partial charge in [-0.05, 0) is 38.2 Å². The van der Waals surface area contributed by atoms with Crippen molar-refractivity contribution in [1.29, 1.82) is 0 Å². The first kappa shape index (κ1) is 14.6. The number of benzene rings is 1. The van der Waals surface area contributed by atoms with E-state index in [0.717, 1.165) is 24.8 Å². The Labute approximate surface area is 126 Å². The summed E-state index contributed by atoms with van der Waals surface area (Å²) in [6.45, 7) is 6.88. The standard InChI is InChI=1S/C18H24O3/c1-13-9-10-15-17(2,3)21-18(15,16(19)20-12-11-13)14-7-5-4-6-8-14/h4-8,13,15H,9-12H2,1-3H3/t13-,15-,18+/m1/s1. The molecule has 114 valence electrons. The summed E-state index contributed by atoms with van der Waals surface area (Å²) in [5.74, 6) is 0.536. The van der Waals surface area contributed by atoms with Crippen LogP contribution in [0.15, 0.2) is 30.3 Å². The van der Waals surface area contributed by atoms with E-state index >= 15 is 0 Å². The molecule has 3 heteroatoms. The number of fused-ring (bicyclic) bond motifs is 1. The molecule has 0 N–H and O–H groups in total. The Balaban J connectivity index is 2.02. The van der Waals surface area contributed by atoms with Crippen molar-refractivity contribution in [1.82, 2.24) is 0 Å².